The maximum absolute atomic E-state index is 6.24. The molecule has 7 nitrogen and oxygen atoms in total. The highest BCUT2D eigenvalue weighted by Crippen LogP contribution is 2.31. The van der Waals surface area contributed by atoms with Crippen LogP contribution in [-0.2, 0) is 0 Å². The van der Waals surface area contributed by atoms with Crippen molar-refractivity contribution in [3.63, 3.8) is 0 Å². The third kappa shape index (κ3) is 2.70. The van der Waals surface area contributed by atoms with Crippen molar-refractivity contribution in [3.05, 3.63) is 36.3 Å². The lowest BCUT2D eigenvalue weighted by molar-refractivity contribution is 0.524. The summed E-state index contributed by atoms with van der Waals surface area (Å²) in [6.45, 7) is 0.413. The average Bonchev–Trinajstić information content (AvgIpc) is 3.31. The summed E-state index contributed by atoms with van der Waals surface area (Å²) >= 11 is 0. The number of imidazole rings is 1. The largest absolute Gasteiger partial charge is 0.383 e. The van der Waals surface area contributed by atoms with Gasteiger partial charge in [-0.05, 0) is 12.8 Å². The summed E-state index contributed by atoms with van der Waals surface area (Å²) in [6, 6.07) is 0.836. The predicted octanol–water partition coefficient (Wildman–Crippen LogP) is 1.15. The molecule has 1 aromatic rings. The maximum atomic E-state index is 6.24. The summed E-state index contributed by atoms with van der Waals surface area (Å²) in [7, 11) is 0. The standard InChI is InChI=1S/C17H23N7/c18-16(15-17(19)24(10-21-15)11-5-1-2-6-11)20-9-14-22-12-7-3-4-8-13(12)23-14/h3-4,7-8,10-13H,1-2,5-6,9,19H2,(H2,18,20)(H,22,23). The SMILES string of the molecule is NC(=NCC1=NC2C=CC=CC2N1)c1ncn(C2CCCC2)c1N. The van der Waals surface area contributed by atoms with Crippen LogP contribution in [0, 0.1) is 0 Å². The molecule has 0 radical (unpaired) electrons. The summed E-state index contributed by atoms with van der Waals surface area (Å²) < 4.78 is 2.04. The second-order valence-electron chi connectivity index (χ2n) is 6.53. The molecule has 0 saturated heterocycles. The van der Waals surface area contributed by atoms with Crippen molar-refractivity contribution in [1.29, 1.82) is 0 Å². The van der Waals surface area contributed by atoms with Gasteiger partial charge in [0.2, 0.25) is 0 Å². The van der Waals surface area contributed by atoms with E-state index in [1.54, 1.807) is 6.33 Å². The first-order chi connectivity index (χ1) is 11.7. The molecule has 3 aliphatic rings. The van der Waals surface area contributed by atoms with Crippen molar-refractivity contribution in [2.45, 2.75) is 43.8 Å². The Morgan fingerprint density at radius 1 is 1.29 bits per heavy atom. The molecule has 0 bridgehead atoms. The quantitative estimate of drug-likeness (QED) is 0.570. The van der Waals surface area contributed by atoms with Gasteiger partial charge in [-0.25, -0.2) is 4.98 Å². The maximum Gasteiger partial charge on any atom is 0.148 e. The first-order valence-electron chi connectivity index (χ1n) is 8.53. The third-order valence-electron chi connectivity index (χ3n) is 4.94. The van der Waals surface area contributed by atoms with E-state index in [1.807, 2.05) is 16.7 Å². The number of aromatic nitrogens is 2. The Labute approximate surface area is 141 Å². The van der Waals surface area contributed by atoms with Crippen molar-refractivity contribution in [2.75, 3.05) is 12.3 Å². The van der Waals surface area contributed by atoms with E-state index < -0.39 is 0 Å². The van der Waals surface area contributed by atoms with E-state index in [1.165, 1.54) is 12.8 Å². The first kappa shape index (κ1) is 15.0. The topological polar surface area (TPSA) is 107 Å². The number of amidine groups is 2. The molecule has 2 heterocycles. The Hall–Kier alpha value is -2.57. The van der Waals surface area contributed by atoms with E-state index in [-0.39, 0.29) is 12.1 Å². The minimum absolute atomic E-state index is 0.160. The number of hydrogen-bond donors (Lipinski definition) is 3. The molecule has 126 valence electrons. The Bertz CT molecular complexity index is 734. The fraction of sp³-hybridized carbons (Fsp3) is 0.471. The number of fused-ring (bicyclic) bond motifs is 1. The molecule has 7 heteroatoms. The van der Waals surface area contributed by atoms with Crippen LogP contribution in [0.5, 0.6) is 0 Å². The molecule has 4 rings (SSSR count). The van der Waals surface area contributed by atoms with Gasteiger partial charge in [-0.1, -0.05) is 37.1 Å². The average molecular weight is 325 g/mol. The van der Waals surface area contributed by atoms with Crippen LogP contribution in [0.15, 0.2) is 40.6 Å². The minimum Gasteiger partial charge on any atom is -0.383 e. The van der Waals surface area contributed by atoms with Gasteiger partial charge in [-0.3, -0.25) is 9.98 Å². The van der Waals surface area contributed by atoms with Crippen LogP contribution >= 0.6 is 0 Å². The third-order valence-corrected chi connectivity index (χ3v) is 4.94. The van der Waals surface area contributed by atoms with E-state index in [9.17, 15) is 0 Å². The number of allylic oxidation sites excluding steroid dienone is 2. The van der Waals surface area contributed by atoms with Gasteiger partial charge >= 0.3 is 0 Å². The fourth-order valence-corrected chi connectivity index (χ4v) is 3.62. The summed E-state index contributed by atoms with van der Waals surface area (Å²) in [6.07, 6.45) is 14.8. The number of anilines is 1. The number of nitrogens with one attached hydrogen (secondary N) is 1. The number of nitrogen functional groups attached to an aromatic ring is 1. The van der Waals surface area contributed by atoms with Crippen LogP contribution in [-0.4, -0.2) is 39.9 Å². The molecular weight excluding hydrogens is 302 g/mol. The monoisotopic (exact) mass is 325 g/mol. The minimum atomic E-state index is 0.160. The molecule has 2 atom stereocenters. The van der Waals surface area contributed by atoms with Gasteiger partial charge in [0.15, 0.2) is 0 Å². The number of hydrogen-bond acceptors (Lipinski definition) is 5. The van der Waals surface area contributed by atoms with E-state index in [0.29, 0.717) is 29.9 Å². The molecule has 1 aromatic heterocycles. The molecule has 1 fully saturated rings. The van der Waals surface area contributed by atoms with Gasteiger partial charge in [-0.2, -0.15) is 0 Å². The van der Waals surface area contributed by atoms with Gasteiger partial charge in [-0.15, -0.1) is 0 Å². The second-order valence-corrected chi connectivity index (χ2v) is 6.53. The van der Waals surface area contributed by atoms with Gasteiger partial charge in [0.1, 0.15) is 23.2 Å². The fourth-order valence-electron chi connectivity index (χ4n) is 3.62. The predicted molar refractivity (Wildman–Crippen MR) is 96.2 cm³/mol. The van der Waals surface area contributed by atoms with E-state index in [0.717, 1.165) is 18.7 Å². The summed E-state index contributed by atoms with van der Waals surface area (Å²) in [5, 5.41) is 3.36. The molecule has 0 amide bonds. The van der Waals surface area contributed by atoms with Crippen molar-refractivity contribution in [3.8, 4) is 0 Å². The van der Waals surface area contributed by atoms with Gasteiger partial charge in [0, 0.05) is 6.04 Å². The van der Waals surface area contributed by atoms with E-state index in [4.69, 9.17) is 11.5 Å². The molecule has 0 aromatic carbocycles. The van der Waals surface area contributed by atoms with Crippen molar-refractivity contribution in [1.82, 2.24) is 14.9 Å². The van der Waals surface area contributed by atoms with Crippen molar-refractivity contribution < 1.29 is 0 Å². The Balaban J connectivity index is 1.46. The Kier molecular flexibility index (Phi) is 3.84. The van der Waals surface area contributed by atoms with E-state index >= 15 is 0 Å². The zero-order chi connectivity index (χ0) is 16.5. The number of aliphatic imine (C=N–C) groups is 2. The lowest BCUT2D eigenvalue weighted by atomic mass is 10.1. The normalized spacial score (nSPS) is 26.5. The molecule has 1 aliphatic heterocycles. The number of nitrogens with zero attached hydrogens (tertiary/aromatic N) is 4. The highest BCUT2D eigenvalue weighted by molar-refractivity contribution is 6.01. The Morgan fingerprint density at radius 3 is 2.88 bits per heavy atom. The molecular formula is C17H23N7. The molecule has 0 spiro atoms. The lowest BCUT2D eigenvalue weighted by Gasteiger charge is -2.13. The lowest BCUT2D eigenvalue weighted by Crippen LogP contribution is -2.34. The highest BCUT2D eigenvalue weighted by atomic mass is 15.2. The number of rotatable bonds is 4. The first-order valence-corrected chi connectivity index (χ1v) is 8.53. The molecule has 1 saturated carbocycles. The summed E-state index contributed by atoms with van der Waals surface area (Å²) in [5.41, 5.74) is 12.9. The highest BCUT2D eigenvalue weighted by Gasteiger charge is 2.25. The zero-order valence-electron chi connectivity index (χ0n) is 13.6. The molecule has 24 heavy (non-hydrogen) atoms. The van der Waals surface area contributed by atoms with Crippen LogP contribution in [0.25, 0.3) is 0 Å². The van der Waals surface area contributed by atoms with Crippen molar-refractivity contribution in [2.24, 2.45) is 15.7 Å². The van der Waals surface area contributed by atoms with Crippen molar-refractivity contribution >= 4 is 17.5 Å². The molecule has 5 N–H and O–H groups in total. The van der Waals surface area contributed by atoms with Gasteiger partial charge < -0.3 is 21.4 Å². The zero-order valence-corrected chi connectivity index (χ0v) is 13.6. The van der Waals surface area contributed by atoms with Gasteiger partial charge in [0.05, 0.1) is 25.0 Å². The van der Waals surface area contributed by atoms with Crippen LogP contribution in [0.4, 0.5) is 5.82 Å². The summed E-state index contributed by atoms with van der Waals surface area (Å²) in [4.78, 5) is 13.4. The van der Waals surface area contributed by atoms with Gasteiger partial charge in [0.25, 0.3) is 0 Å². The number of nitrogens with two attached hydrogens (primary N) is 2. The second kappa shape index (κ2) is 6.14. The van der Waals surface area contributed by atoms with Crippen LogP contribution in [0.2, 0.25) is 0 Å². The smallest absolute Gasteiger partial charge is 0.148 e. The van der Waals surface area contributed by atoms with Crippen LogP contribution in [0.1, 0.15) is 37.4 Å². The molecule has 2 unspecified atom stereocenters. The Morgan fingerprint density at radius 2 is 2.08 bits per heavy atom. The van der Waals surface area contributed by atoms with E-state index in [2.05, 4.69) is 32.4 Å². The molecule has 2 aliphatic carbocycles. The van der Waals surface area contributed by atoms with Crippen LogP contribution in [0.3, 0.4) is 0 Å². The summed E-state index contributed by atoms with van der Waals surface area (Å²) in [5.74, 6) is 1.83. The van der Waals surface area contributed by atoms with Crippen LogP contribution < -0.4 is 16.8 Å².